The van der Waals surface area contributed by atoms with Crippen molar-refractivity contribution in [2.75, 3.05) is 43.5 Å². The molecule has 0 saturated carbocycles. The van der Waals surface area contributed by atoms with Crippen molar-refractivity contribution in [3.63, 3.8) is 0 Å². The van der Waals surface area contributed by atoms with Gasteiger partial charge < -0.3 is 19.9 Å². The SMILES string of the molecule is CNCCC(OCc1cccc(N2CCN(C)c3nc(C)ncc3C2=O)c1)c1ccccc1. The first-order valence-corrected chi connectivity index (χ1v) is 11.3. The number of fused-ring (bicyclic) bond motifs is 1. The third-order valence-corrected chi connectivity index (χ3v) is 5.89. The Hall–Kier alpha value is -3.29. The average molecular weight is 446 g/mol. The van der Waals surface area contributed by atoms with E-state index in [1.807, 2.05) is 68.4 Å². The molecule has 1 aromatic heterocycles. The highest BCUT2D eigenvalue weighted by Gasteiger charge is 2.27. The van der Waals surface area contributed by atoms with E-state index >= 15 is 0 Å². The topological polar surface area (TPSA) is 70.6 Å². The van der Waals surface area contributed by atoms with Crippen LogP contribution < -0.4 is 15.1 Å². The Balaban J connectivity index is 1.52. The summed E-state index contributed by atoms with van der Waals surface area (Å²) in [5, 5.41) is 3.21. The lowest BCUT2D eigenvalue weighted by molar-refractivity contribution is 0.0344. The number of likely N-dealkylation sites (N-methyl/N-ethyl adjacent to an activating group) is 1. The molecule has 1 unspecified atom stereocenters. The molecule has 2 heterocycles. The van der Waals surface area contributed by atoms with Gasteiger partial charge in [-0.05, 0) is 50.2 Å². The van der Waals surface area contributed by atoms with Gasteiger partial charge in [0.05, 0.1) is 12.7 Å². The molecule has 2 aromatic carbocycles. The molecule has 1 aliphatic rings. The van der Waals surface area contributed by atoms with Crippen LogP contribution in [0.5, 0.6) is 0 Å². The fourth-order valence-corrected chi connectivity index (χ4v) is 4.05. The third kappa shape index (κ3) is 5.38. The van der Waals surface area contributed by atoms with Crippen LogP contribution >= 0.6 is 0 Å². The van der Waals surface area contributed by atoms with Crippen LogP contribution in [0.15, 0.2) is 60.8 Å². The van der Waals surface area contributed by atoms with Gasteiger partial charge in [0.15, 0.2) is 0 Å². The van der Waals surface area contributed by atoms with Crippen LogP contribution in [0.25, 0.3) is 0 Å². The van der Waals surface area contributed by atoms with Gasteiger partial charge in [0, 0.05) is 32.0 Å². The number of aryl methyl sites for hydroxylation is 1. The Morgan fingerprint density at radius 1 is 1.12 bits per heavy atom. The van der Waals surface area contributed by atoms with Crippen LogP contribution in [0.2, 0.25) is 0 Å². The molecule has 4 rings (SSSR count). The maximum absolute atomic E-state index is 13.4. The van der Waals surface area contributed by atoms with Crippen LogP contribution in [0.1, 0.15) is 39.8 Å². The van der Waals surface area contributed by atoms with Gasteiger partial charge in [-0.2, -0.15) is 0 Å². The van der Waals surface area contributed by atoms with E-state index in [1.54, 1.807) is 11.1 Å². The summed E-state index contributed by atoms with van der Waals surface area (Å²) in [6.07, 6.45) is 2.52. The molecule has 7 heteroatoms. The van der Waals surface area contributed by atoms with Gasteiger partial charge >= 0.3 is 0 Å². The maximum Gasteiger partial charge on any atom is 0.263 e. The summed E-state index contributed by atoms with van der Waals surface area (Å²) in [7, 11) is 3.91. The number of amides is 1. The van der Waals surface area contributed by atoms with Gasteiger partial charge in [-0.3, -0.25) is 4.79 Å². The smallest absolute Gasteiger partial charge is 0.263 e. The molecule has 1 aliphatic heterocycles. The zero-order valence-corrected chi connectivity index (χ0v) is 19.5. The predicted molar refractivity (Wildman–Crippen MR) is 131 cm³/mol. The minimum Gasteiger partial charge on any atom is -0.369 e. The molecule has 0 radical (unpaired) electrons. The third-order valence-electron chi connectivity index (χ3n) is 5.89. The second kappa shape index (κ2) is 10.6. The monoisotopic (exact) mass is 445 g/mol. The Labute approximate surface area is 195 Å². The van der Waals surface area contributed by atoms with Crippen LogP contribution in [-0.2, 0) is 11.3 Å². The number of ether oxygens (including phenoxy) is 1. The largest absolute Gasteiger partial charge is 0.369 e. The van der Waals surface area contributed by atoms with E-state index in [-0.39, 0.29) is 12.0 Å². The van der Waals surface area contributed by atoms with Gasteiger partial charge in [0.25, 0.3) is 5.91 Å². The van der Waals surface area contributed by atoms with Crippen LogP contribution in [0.3, 0.4) is 0 Å². The Kier molecular flexibility index (Phi) is 7.32. The molecule has 7 nitrogen and oxygen atoms in total. The molecule has 1 amide bonds. The zero-order chi connectivity index (χ0) is 23.2. The van der Waals surface area contributed by atoms with Crippen molar-refractivity contribution in [2.24, 2.45) is 0 Å². The number of carbonyl (C=O) groups excluding carboxylic acids is 1. The first-order valence-electron chi connectivity index (χ1n) is 11.3. The minimum atomic E-state index is -0.0800. The Morgan fingerprint density at radius 2 is 1.94 bits per heavy atom. The summed E-state index contributed by atoms with van der Waals surface area (Å²) in [6, 6.07) is 18.3. The van der Waals surface area contributed by atoms with Crippen LogP contribution in [0, 0.1) is 6.92 Å². The highest BCUT2D eigenvalue weighted by Crippen LogP contribution is 2.27. The molecule has 1 atom stereocenters. The minimum absolute atomic E-state index is 0.00281. The number of nitrogens with one attached hydrogen (secondary N) is 1. The van der Waals surface area contributed by atoms with E-state index in [4.69, 9.17) is 4.74 Å². The van der Waals surface area contributed by atoms with Crippen molar-refractivity contribution in [3.8, 4) is 0 Å². The number of nitrogens with zero attached hydrogens (tertiary/aromatic N) is 4. The van der Waals surface area contributed by atoms with Crippen molar-refractivity contribution in [2.45, 2.75) is 26.1 Å². The zero-order valence-electron chi connectivity index (χ0n) is 19.5. The standard InChI is InChI=1S/C26H31N5O2/c1-19-28-17-23-25(29-19)30(3)14-15-31(26(23)32)22-11-7-8-20(16-22)18-33-24(12-13-27-2)21-9-5-4-6-10-21/h4-11,16-17,24,27H,12-15,18H2,1-3H3. The second-order valence-electron chi connectivity index (χ2n) is 8.31. The Morgan fingerprint density at radius 3 is 2.73 bits per heavy atom. The molecule has 1 N–H and O–H groups in total. The quantitative estimate of drug-likeness (QED) is 0.570. The van der Waals surface area contributed by atoms with Crippen molar-refractivity contribution in [3.05, 3.63) is 83.3 Å². The number of anilines is 2. The number of carbonyl (C=O) groups is 1. The average Bonchev–Trinajstić information content (AvgIpc) is 2.96. The van der Waals surface area contributed by atoms with E-state index in [0.29, 0.717) is 36.9 Å². The van der Waals surface area contributed by atoms with Gasteiger partial charge in [-0.15, -0.1) is 0 Å². The van der Waals surface area contributed by atoms with Crippen molar-refractivity contribution in [1.29, 1.82) is 0 Å². The molecule has 0 spiro atoms. The summed E-state index contributed by atoms with van der Waals surface area (Å²) < 4.78 is 6.32. The summed E-state index contributed by atoms with van der Waals surface area (Å²) in [4.78, 5) is 25.9. The predicted octanol–water partition coefficient (Wildman–Crippen LogP) is 3.75. The lowest BCUT2D eigenvalue weighted by Gasteiger charge is -2.22. The van der Waals surface area contributed by atoms with Gasteiger partial charge in [0.2, 0.25) is 0 Å². The van der Waals surface area contributed by atoms with E-state index in [9.17, 15) is 4.79 Å². The molecule has 0 aliphatic carbocycles. The molecule has 0 saturated heterocycles. The van der Waals surface area contributed by atoms with E-state index < -0.39 is 0 Å². The fraction of sp³-hybridized carbons (Fsp3) is 0.346. The lowest BCUT2D eigenvalue weighted by Crippen LogP contribution is -2.33. The molecule has 172 valence electrons. The summed E-state index contributed by atoms with van der Waals surface area (Å²) in [5.41, 5.74) is 3.58. The van der Waals surface area contributed by atoms with E-state index in [2.05, 4.69) is 27.4 Å². The first kappa shape index (κ1) is 22.9. The second-order valence-corrected chi connectivity index (χ2v) is 8.31. The summed E-state index contributed by atoms with van der Waals surface area (Å²) in [5.74, 6) is 1.26. The van der Waals surface area contributed by atoms with E-state index in [0.717, 1.165) is 24.2 Å². The summed E-state index contributed by atoms with van der Waals surface area (Å²) in [6.45, 7) is 4.44. The highest BCUT2D eigenvalue weighted by molar-refractivity contribution is 6.09. The molecule has 0 bridgehead atoms. The number of hydrogen-bond donors (Lipinski definition) is 1. The van der Waals surface area contributed by atoms with Gasteiger partial charge in [-0.1, -0.05) is 42.5 Å². The van der Waals surface area contributed by atoms with Crippen molar-refractivity contribution < 1.29 is 9.53 Å². The first-order chi connectivity index (χ1) is 16.1. The van der Waals surface area contributed by atoms with E-state index in [1.165, 1.54) is 5.56 Å². The van der Waals surface area contributed by atoms with Gasteiger partial charge in [0.1, 0.15) is 17.2 Å². The van der Waals surface area contributed by atoms with Crippen molar-refractivity contribution in [1.82, 2.24) is 15.3 Å². The van der Waals surface area contributed by atoms with Crippen molar-refractivity contribution >= 4 is 17.4 Å². The fourth-order valence-electron chi connectivity index (χ4n) is 4.05. The maximum atomic E-state index is 13.4. The highest BCUT2D eigenvalue weighted by atomic mass is 16.5. The lowest BCUT2D eigenvalue weighted by atomic mass is 10.1. The van der Waals surface area contributed by atoms with Crippen LogP contribution in [-0.4, -0.2) is 49.6 Å². The normalized spacial score (nSPS) is 14.7. The molecule has 3 aromatic rings. The van der Waals surface area contributed by atoms with Gasteiger partial charge in [-0.25, -0.2) is 9.97 Å². The number of hydrogen-bond acceptors (Lipinski definition) is 6. The molecular formula is C26H31N5O2. The van der Waals surface area contributed by atoms with Crippen LogP contribution in [0.4, 0.5) is 11.5 Å². The number of aromatic nitrogens is 2. The Bertz CT molecular complexity index is 1090. The molecule has 33 heavy (non-hydrogen) atoms. The molecule has 0 fully saturated rings. The summed E-state index contributed by atoms with van der Waals surface area (Å²) >= 11 is 0. The molecular weight excluding hydrogens is 414 g/mol. The number of benzene rings is 2. The number of rotatable bonds is 8.